The van der Waals surface area contributed by atoms with E-state index in [2.05, 4.69) is 40.0 Å². The Balaban J connectivity index is 0.000000641. The van der Waals surface area contributed by atoms with Crippen LogP contribution in [0.4, 0.5) is 5.69 Å². The first-order chi connectivity index (χ1) is 27.7. The SMILES string of the molecule is Cc1ccccc1.O=C(CN1Cc2ccccc2C2OC(c3ccccc3)=NC2C1=O)NCCCCC(=O)Nc1cccc2c1CN(C1CCC(=O)NC1=O)C2=O. The maximum absolute atomic E-state index is 13.7. The molecule has 4 aliphatic rings. The molecule has 4 aromatic carbocycles. The fraction of sp³-hybridized carbons (Fsp3) is 0.295. The minimum absolute atomic E-state index is 0.138. The van der Waals surface area contributed by atoms with E-state index in [1.807, 2.05) is 72.8 Å². The number of anilines is 1. The molecule has 1 saturated heterocycles. The van der Waals surface area contributed by atoms with Gasteiger partial charge in [-0.05, 0) is 56.0 Å². The van der Waals surface area contributed by atoms with E-state index < -0.39 is 24.1 Å². The average Bonchev–Trinajstić information content (AvgIpc) is 3.78. The van der Waals surface area contributed by atoms with E-state index in [-0.39, 0.29) is 68.4 Å². The fourth-order valence-electron chi connectivity index (χ4n) is 7.43. The normalized spacial score (nSPS) is 19.5. The lowest BCUT2D eigenvalue weighted by Gasteiger charge is -2.29. The average molecular weight is 769 g/mol. The van der Waals surface area contributed by atoms with Gasteiger partial charge in [0.1, 0.15) is 6.04 Å². The number of hydrogen-bond donors (Lipinski definition) is 3. The molecule has 0 aromatic heterocycles. The van der Waals surface area contributed by atoms with Gasteiger partial charge < -0.3 is 25.2 Å². The van der Waals surface area contributed by atoms with Gasteiger partial charge in [-0.15, -0.1) is 0 Å². The van der Waals surface area contributed by atoms with Crippen molar-refractivity contribution in [1.82, 2.24) is 20.4 Å². The number of amides is 6. The van der Waals surface area contributed by atoms with E-state index in [0.717, 1.165) is 16.7 Å². The summed E-state index contributed by atoms with van der Waals surface area (Å²) in [7, 11) is 0. The van der Waals surface area contributed by atoms with Crippen molar-refractivity contribution in [3.05, 3.63) is 137 Å². The molecule has 3 N–H and O–H groups in total. The second-order valence-electron chi connectivity index (χ2n) is 14.4. The molecule has 3 unspecified atom stereocenters. The van der Waals surface area contributed by atoms with Crippen LogP contribution in [0, 0.1) is 6.92 Å². The van der Waals surface area contributed by atoms with Gasteiger partial charge in [0.25, 0.3) is 11.8 Å². The zero-order valence-electron chi connectivity index (χ0n) is 31.6. The van der Waals surface area contributed by atoms with Crippen LogP contribution in [0.5, 0.6) is 0 Å². The highest BCUT2D eigenvalue weighted by Gasteiger charge is 2.44. The summed E-state index contributed by atoms with van der Waals surface area (Å²) in [6, 6.07) is 30.9. The number of carbonyl (C=O) groups is 6. The zero-order valence-corrected chi connectivity index (χ0v) is 31.6. The summed E-state index contributed by atoms with van der Waals surface area (Å²) in [5.41, 5.74) is 5.43. The zero-order chi connectivity index (χ0) is 39.9. The first kappa shape index (κ1) is 38.6. The number of benzene rings is 4. The highest BCUT2D eigenvalue weighted by molar-refractivity contribution is 6.07. The van der Waals surface area contributed by atoms with E-state index in [4.69, 9.17) is 4.74 Å². The molecule has 0 radical (unpaired) electrons. The van der Waals surface area contributed by atoms with Crippen LogP contribution in [0.25, 0.3) is 0 Å². The Morgan fingerprint density at radius 2 is 1.58 bits per heavy atom. The first-order valence-electron chi connectivity index (χ1n) is 19.2. The lowest BCUT2D eigenvalue weighted by Crippen LogP contribution is -2.52. The number of imide groups is 1. The highest BCUT2D eigenvalue weighted by atomic mass is 16.5. The molecule has 0 aliphatic carbocycles. The summed E-state index contributed by atoms with van der Waals surface area (Å²) in [4.78, 5) is 84.1. The third-order valence-corrected chi connectivity index (χ3v) is 10.4. The highest BCUT2D eigenvalue weighted by Crippen LogP contribution is 2.37. The number of rotatable bonds is 10. The number of hydrogen-bond acceptors (Lipinski definition) is 8. The molecule has 57 heavy (non-hydrogen) atoms. The molecule has 3 atom stereocenters. The van der Waals surface area contributed by atoms with Gasteiger partial charge in [0.15, 0.2) is 12.1 Å². The Morgan fingerprint density at radius 3 is 2.32 bits per heavy atom. The van der Waals surface area contributed by atoms with Crippen LogP contribution in [-0.4, -0.2) is 76.3 Å². The first-order valence-corrected chi connectivity index (χ1v) is 19.2. The number of unbranched alkanes of at least 4 members (excludes halogenated alkanes) is 1. The number of carbonyl (C=O) groups excluding carboxylic acids is 6. The van der Waals surface area contributed by atoms with Crippen molar-refractivity contribution in [3.63, 3.8) is 0 Å². The number of ether oxygens (including phenoxy) is 1. The molecule has 292 valence electrons. The standard InChI is InChI=1S/C37H36N6O7.C7H8/c44-29(39-27-14-8-13-25-26(27)20-43(36(25)48)28-16-17-30(45)40-34(28)47)15-6-7-18-38-31(46)21-42-19-23-11-4-5-12-24(23)33-32(37(42)49)41-35(50-33)22-9-2-1-3-10-22;1-7-5-3-2-4-6-7/h1-5,8-14,28,32-33H,6-7,15-21H2,(H,38,46)(H,39,44)(H,40,45,47);2-6H,1H3. The number of piperidine rings is 1. The predicted molar refractivity (Wildman–Crippen MR) is 212 cm³/mol. The number of nitrogens with one attached hydrogen (secondary N) is 3. The quantitative estimate of drug-likeness (QED) is 0.157. The van der Waals surface area contributed by atoms with Crippen molar-refractivity contribution < 1.29 is 33.5 Å². The predicted octanol–water partition coefficient (Wildman–Crippen LogP) is 4.60. The smallest absolute Gasteiger partial charge is 0.255 e. The van der Waals surface area contributed by atoms with Crippen molar-refractivity contribution in [1.29, 1.82) is 0 Å². The molecule has 4 heterocycles. The van der Waals surface area contributed by atoms with Crippen molar-refractivity contribution in [2.75, 3.05) is 18.4 Å². The van der Waals surface area contributed by atoms with Crippen LogP contribution in [-0.2, 0) is 41.8 Å². The molecule has 13 heteroatoms. The maximum Gasteiger partial charge on any atom is 0.255 e. The van der Waals surface area contributed by atoms with Crippen molar-refractivity contribution in [2.24, 2.45) is 4.99 Å². The van der Waals surface area contributed by atoms with Crippen LogP contribution in [0.1, 0.15) is 76.4 Å². The van der Waals surface area contributed by atoms with Gasteiger partial charge in [-0.1, -0.05) is 84.4 Å². The largest absolute Gasteiger partial charge is 0.466 e. The summed E-state index contributed by atoms with van der Waals surface area (Å²) in [5, 5.41) is 8.04. The second-order valence-corrected chi connectivity index (χ2v) is 14.4. The monoisotopic (exact) mass is 768 g/mol. The van der Waals surface area contributed by atoms with Gasteiger partial charge in [-0.25, -0.2) is 4.99 Å². The lowest BCUT2D eigenvalue weighted by molar-refractivity contribution is -0.138. The second kappa shape index (κ2) is 17.4. The number of aryl methyl sites for hydroxylation is 1. The van der Waals surface area contributed by atoms with Gasteiger partial charge in [0.2, 0.25) is 29.5 Å². The Morgan fingerprint density at radius 1 is 0.842 bits per heavy atom. The molecule has 0 saturated carbocycles. The Bertz CT molecular complexity index is 2210. The molecule has 8 rings (SSSR count). The third kappa shape index (κ3) is 8.93. The van der Waals surface area contributed by atoms with Crippen LogP contribution in [0.15, 0.2) is 108 Å². The van der Waals surface area contributed by atoms with E-state index in [9.17, 15) is 28.8 Å². The van der Waals surface area contributed by atoms with Crippen molar-refractivity contribution in [3.8, 4) is 0 Å². The van der Waals surface area contributed by atoms with E-state index in [1.54, 1.807) is 18.2 Å². The molecule has 4 aromatic rings. The number of nitrogens with zero attached hydrogens (tertiary/aromatic N) is 3. The summed E-state index contributed by atoms with van der Waals surface area (Å²) in [5.74, 6) is -1.59. The van der Waals surface area contributed by atoms with Gasteiger partial charge in [0, 0.05) is 60.4 Å². The molecule has 6 amide bonds. The molecule has 4 aliphatic heterocycles. The molecule has 13 nitrogen and oxygen atoms in total. The minimum atomic E-state index is -0.801. The Kier molecular flexibility index (Phi) is 11.8. The summed E-state index contributed by atoms with van der Waals surface area (Å²) < 4.78 is 6.22. The van der Waals surface area contributed by atoms with E-state index >= 15 is 0 Å². The van der Waals surface area contributed by atoms with Crippen LogP contribution < -0.4 is 16.0 Å². The van der Waals surface area contributed by atoms with Crippen LogP contribution >= 0.6 is 0 Å². The maximum atomic E-state index is 13.7. The summed E-state index contributed by atoms with van der Waals surface area (Å²) >= 11 is 0. The van der Waals surface area contributed by atoms with Gasteiger partial charge in [-0.2, -0.15) is 0 Å². The van der Waals surface area contributed by atoms with Gasteiger partial charge >= 0.3 is 0 Å². The summed E-state index contributed by atoms with van der Waals surface area (Å²) in [6.45, 7) is 2.69. The lowest BCUT2D eigenvalue weighted by atomic mass is 9.99. The van der Waals surface area contributed by atoms with E-state index in [1.165, 1.54) is 15.4 Å². The fourth-order valence-corrected chi connectivity index (χ4v) is 7.43. The number of fused-ring (bicyclic) bond motifs is 4. The van der Waals surface area contributed by atoms with Crippen LogP contribution in [0.2, 0.25) is 0 Å². The molecular formula is C44H44N6O7. The topological polar surface area (TPSA) is 167 Å². The number of aliphatic imine (C=N–C) groups is 1. The van der Waals surface area contributed by atoms with Crippen molar-refractivity contribution >= 4 is 47.0 Å². The minimum Gasteiger partial charge on any atom is -0.466 e. The summed E-state index contributed by atoms with van der Waals surface area (Å²) in [6.07, 6.45) is 1.06. The van der Waals surface area contributed by atoms with Crippen molar-refractivity contribution in [2.45, 2.75) is 70.3 Å². The molecule has 0 bridgehead atoms. The van der Waals surface area contributed by atoms with Gasteiger partial charge in [-0.3, -0.25) is 34.1 Å². The van der Waals surface area contributed by atoms with Gasteiger partial charge in [0.05, 0.1) is 6.54 Å². The third-order valence-electron chi connectivity index (χ3n) is 10.4. The molecule has 1 fully saturated rings. The van der Waals surface area contributed by atoms with Crippen LogP contribution in [0.3, 0.4) is 0 Å². The Hall–Kier alpha value is -6.63. The van der Waals surface area contributed by atoms with E-state index in [0.29, 0.717) is 42.1 Å². The Labute approximate surface area is 330 Å². The molecular weight excluding hydrogens is 725 g/mol. The molecule has 0 spiro atoms.